The molecule has 26 heavy (non-hydrogen) atoms. The number of hydrogen-bond acceptors (Lipinski definition) is 5. The second-order valence-corrected chi connectivity index (χ2v) is 7.29. The van der Waals surface area contributed by atoms with Gasteiger partial charge in [0, 0.05) is 11.4 Å². The molecule has 0 aliphatic carbocycles. The standard InChI is InChI=1S/C20H23N3O2S/c1-14-9-15(2)11-19(10-14)25-12-18(24)13-26-20-22-21-16(3)23(20)17-7-5-4-6-8-17/h4-11,18,24H,12-13H2,1-3H3/t18-/m0/s1. The molecule has 0 spiro atoms. The quantitative estimate of drug-likeness (QED) is 0.643. The van der Waals surface area contributed by atoms with Crippen molar-refractivity contribution in [3.8, 4) is 11.4 Å². The average molecular weight is 369 g/mol. The number of aromatic nitrogens is 3. The van der Waals surface area contributed by atoms with Gasteiger partial charge < -0.3 is 9.84 Å². The molecule has 3 aromatic rings. The zero-order chi connectivity index (χ0) is 18.5. The SMILES string of the molecule is Cc1cc(C)cc(OC[C@H](O)CSc2nnc(C)n2-c2ccccc2)c1. The number of benzene rings is 2. The molecule has 2 aromatic carbocycles. The van der Waals surface area contributed by atoms with Crippen LogP contribution in [0.2, 0.25) is 0 Å². The molecule has 0 saturated carbocycles. The van der Waals surface area contributed by atoms with Gasteiger partial charge in [0.1, 0.15) is 18.2 Å². The van der Waals surface area contributed by atoms with Crippen molar-refractivity contribution in [2.45, 2.75) is 32.0 Å². The molecule has 0 fully saturated rings. The van der Waals surface area contributed by atoms with Crippen LogP contribution in [-0.4, -0.2) is 38.3 Å². The highest BCUT2D eigenvalue weighted by atomic mass is 32.2. The summed E-state index contributed by atoms with van der Waals surface area (Å²) in [7, 11) is 0. The molecule has 1 aromatic heterocycles. The zero-order valence-electron chi connectivity index (χ0n) is 15.2. The van der Waals surface area contributed by atoms with E-state index in [-0.39, 0.29) is 6.61 Å². The zero-order valence-corrected chi connectivity index (χ0v) is 16.0. The Balaban J connectivity index is 1.59. The van der Waals surface area contributed by atoms with E-state index in [1.54, 1.807) is 0 Å². The van der Waals surface area contributed by atoms with E-state index in [0.717, 1.165) is 33.5 Å². The maximum Gasteiger partial charge on any atom is 0.195 e. The Morgan fingerprint density at radius 2 is 1.73 bits per heavy atom. The van der Waals surface area contributed by atoms with Crippen molar-refractivity contribution in [1.82, 2.24) is 14.8 Å². The van der Waals surface area contributed by atoms with Crippen LogP contribution in [0.3, 0.4) is 0 Å². The molecule has 1 atom stereocenters. The minimum Gasteiger partial charge on any atom is -0.491 e. The predicted molar refractivity (Wildman–Crippen MR) is 104 cm³/mol. The monoisotopic (exact) mass is 369 g/mol. The first kappa shape index (κ1) is 18.5. The Hall–Kier alpha value is -2.31. The van der Waals surface area contributed by atoms with Gasteiger partial charge >= 0.3 is 0 Å². The van der Waals surface area contributed by atoms with Crippen LogP contribution in [0.1, 0.15) is 17.0 Å². The number of aryl methyl sites for hydroxylation is 3. The number of ether oxygens (including phenoxy) is 1. The number of rotatable bonds is 7. The number of para-hydroxylation sites is 1. The van der Waals surface area contributed by atoms with E-state index in [0.29, 0.717) is 5.75 Å². The fraction of sp³-hybridized carbons (Fsp3) is 0.300. The molecule has 1 N–H and O–H groups in total. The smallest absolute Gasteiger partial charge is 0.195 e. The van der Waals surface area contributed by atoms with Gasteiger partial charge in [-0.15, -0.1) is 10.2 Å². The van der Waals surface area contributed by atoms with Crippen molar-refractivity contribution < 1.29 is 9.84 Å². The van der Waals surface area contributed by atoms with Crippen LogP contribution in [0.15, 0.2) is 53.7 Å². The first-order chi connectivity index (χ1) is 12.5. The lowest BCUT2D eigenvalue weighted by atomic mass is 10.1. The molecule has 0 amide bonds. The van der Waals surface area contributed by atoms with Gasteiger partial charge in [0.25, 0.3) is 0 Å². The van der Waals surface area contributed by atoms with Gasteiger partial charge in [-0.1, -0.05) is 36.0 Å². The minimum atomic E-state index is -0.595. The lowest BCUT2D eigenvalue weighted by Gasteiger charge is -2.13. The summed E-state index contributed by atoms with van der Waals surface area (Å²) in [6, 6.07) is 16.0. The van der Waals surface area contributed by atoms with E-state index >= 15 is 0 Å². The van der Waals surface area contributed by atoms with Crippen molar-refractivity contribution in [2.24, 2.45) is 0 Å². The van der Waals surface area contributed by atoms with Crippen LogP contribution >= 0.6 is 11.8 Å². The summed E-state index contributed by atoms with van der Waals surface area (Å²) in [5.41, 5.74) is 3.31. The van der Waals surface area contributed by atoms with Gasteiger partial charge in [-0.05, 0) is 56.2 Å². The largest absolute Gasteiger partial charge is 0.491 e. The summed E-state index contributed by atoms with van der Waals surface area (Å²) >= 11 is 1.47. The molecule has 0 bridgehead atoms. The lowest BCUT2D eigenvalue weighted by Crippen LogP contribution is -2.20. The number of thioether (sulfide) groups is 1. The summed E-state index contributed by atoms with van der Waals surface area (Å²) in [5, 5.41) is 19.4. The van der Waals surface area contributed by atoms with Crippen molar-refractivity contribution in [1.29, 1.82) is 0 Å². The number of aliphatic hydroxyl groups excluding tert-OH is 1. The van der Waals surface area contributed by atoms with Crippen LogP contribution in [0, 0.1) is 20.8 Å². The van der Waals surface area contributed by atoms with E-state index in [9.17, 15) is 5.11 Å². The molecule has 0 radical (unpaired) electrons. The van der Waals surface area contributed by atoms with Crippen molar-refractivity contribution in [3.63, 3.8) is 0 Å². The van der Waals surface area contributed by atoms with Gasteiger partial charge in [0.2, 0.25) is 0 Å². The maximum absolute atomic E-state index is 10.3. The summed E-state index contributed by atoms with van der Waals surface area (Å²) in [6.07, 6.45) is -0.595. The molecule has 0 unspecified atom stereocenters. The number of hydrogen-bond donors (Lipinski definition) is 1. The Kier molecular flexibility index (Phi) is 5.96. The average Bonchev–Trinajstić information content (AvgIpc) is 2.99. The lowest BCUT2D eigenvalue weighted by molar-refractivity contribution is 0.126. The van der Waals surface area contributed by atoms with E-state index in [1.807, 2.05) is 67.8 Å². The van der Waals surface area contributed by atoms with Crippen LogP contribution in [0.4, 0.5) is 0 Å². The van der Waals surface area contributed by atoms with E-state index in [1.165, 1.54) is 11.8 Å². The van der Waals surface area contributed by atoms with Crippen LogP contribution in [0.5, 0.6) is 5.75 Å². The molecule has 6 heteroatoms. The molecular weight excluding hydrogens is 346 g/mol. The van der Waals surface area contributed by atoms with E-state index < -0.39 is 6.10 Å². The van der Waals surface area contributed by atoms with E-state index in [2.05, 4.69) is 16.3 Å². The van der Waals surface area contributed by atoms with Crippen LogP contribution in [-0.2, 0) is 0 Å². The molecule has 1 heterocycles. The van der Waals surface area contributed by atoms with Crippen LogP contribution in [0.25, 0.3) is 5.69 Å². The third-order valence-electron chi connectivity index (χ3n) is 3.85. The Labute approximate surface area is 158 Å². The molecule has 5 nitrogen and oxygen atoms in total. The summed E-state index contributed by atoms with van der Waals surface area (Å²) < 4.78 is 7.72. The number of aliphatic hydroxyl groups is 1. The molecular formula is C20H23N3O2S. The Morgan fingerprint density at radius 3 is 2.42 bits per heavy atom. The summed E-state index contributed by atoms with van der Waals surface area (Å²) in [4.78, 5) is 0. The van der Waals surface area contributed by atoms with Crippen molar-refractivity contribution in [3.05, 3.63) is 65.5 Å². The first-order valence-corrected chi connectivity index (χ1v) is 9.51. The van der Waals surface area contributed by atoms with Crippen LogP contribution < -0.4 is 4.74 Å². The maximum atomic E-state index is 10.3. The molecule has 0 saturated heterocycles. The van der Waals surface area contributed by atoms with Gasteiger partial charge in [-0.2, -0.15) is 0 Å². The molecule has 0 aliphatic heterocycles. The molecule has 3 rings (SSSR count). The molecule has 136 valence electrons. The molecule has 0 aliphatic rings. The van der Waals surface area contributed by atoms with Crippen molar-refractivity contribution in [2.75, 3.05) is 12.4 Å². The fourth-order valence-corrected chi connectivity index (χ4v) is 3.64. The predicted octanol–water partition coefficient (Wildman–Crippen LogP) is 3.72. The van der Waals surface area contributed by atoms with Gasteiger partial charge in [0.05, 0.1) is 6.10 Å². The van der Waals surface area contributed by atoms with Gasteiger partial charge in [-0.3, -0.25) is 4.57 Å². The third-order valence-corrected chi connectivity index (χ3v) is 4.93. The first-order valence-electron chi connectivity index (χ1n) is 8.52. The Morgan fingerprint density at radius 1 is 1.04 bits per heavy atom. The summed E-state index contributed by atoms with van der Waals surface area (Å²) in [5.74, 6) is 2.09. The fourth-order valence-electron chi connectivity index (χ4n) is 2.74. The third kappa shape index (κ3) is 4.65. The highest BCUT2D eigenvalue weighted by molar-refractivity contribution is 7.99. The highest BCUT2D eigenvalue weighted by Gasteiger charge is 2.14. The topological polar surface area (TPSA) is 60.2 Å². The van der Waals surface area contributed by atoms with E-state index in [4.69, 9.17) is 4.74 Å². The second-order valence-electron chi connectivity index (χ2n) is 6.30. The van der Waals surface area contributed by atoms with Gasteiger partial charge in [-0.25, -0.2) is 0 Å². The minimum absolute atomic E-state index is 0.244. The second kappa shape index (κ2) is 8.38. The highest BCUT2D eigenvalue weighted by Crippen LogP contribution is 2.23. The van der Waals surface area contributed by atoms with Gasteiger partial charge in [0.15, 0.2) is 5.16 Å². The number of nitrogens with zero attached hydrogens (tertiary/aromatic N) is 3. The normalized spacial score (nSPS) is 12.2. The summed E-state index contributed by atoms with van der Waals surface area (Å²) in [6.45, 7) is 6.23. The van der Waals surface area contributed by atoms with Crippen molar-refractivity contribution >= 4 is 11.8 Å². The Bertz CT molecular complexity index is 844.